The Morgan fingerprint density at radius 3 is 1.91 bits per heavy atom. The summed E-state index contributed by atoms with van der Waals surface area (Å²) in [6, 6.07) is 23.6. The summed E-state index contributed by atoms with van der Waals surface area (Å²) in [6.45, 7) is 8.81. The fourth-order valence-electron chi connectivity index (χ4n) is 4.98. The molecule has 0 saturated carbocycles. The van der Waals surface area contributed by atoms with Crippen molar-refractivity contribution in [3.63, 3.8) is 0 Å². The van der Waals surface area contributed by atoms with E-state index in [1.165, 1.54) is 6.92 Å². The van der Waals surface area contributed by atoms with E-state index in [9.17, 15) is 19.2 Å². The molecule has 47 heavy (non-hydrogen) atoms. The normalized spacial score (nSPS) is 13.8. The first-order valence-electron chi connectivity index (χ1n) is 15.8. The number of amides is 4. The van der Waals surface area contributed by atoms with E-state index in [1.807, 2.05) is 78.9 Å². The van der Waals surface area contributed by atoms with Crippen LogP contribution >= 0.6 is 0 Å². The molecule has 0 radical (unpaired) electrons. The van der Waals surface area contributed by atoms with Gasteiger partial charge in [-0.3, -0.25) is 19.2 Å². The van der Waals surface area contributed by atoms with Gasteiger partial charge in [0.2, 0.25) is 17.7 Å². The van der Waals surface area contributed by atoms with Crippen LogP contribution in [-0.4, -0.2) is 71.4 Å². The van der Waals surface area contributed by atoms with Crippen molar-refractivity contribution < 1.29 is 33.5 Å². The molecule has 250 valence electrons. The third-order valence-electron chi connectivity index (χ3n) is 7.46. The van der Waals surface area contributed by atoms with E-state index in [1.54, 1.807) is 30.6 Å². The Labute approximate surface area is 276 Å². The summed E-state index contributed by atoms with van der Waals surface area (Å²) in [7, 11) is 0. The lowest BCUT2D eigenvalue weighted by atomic mass is 10.0. The van der Waals surface area contributed by atoms with Gasteiger partial charge < -0.3 is 24.6 Å². The summed E-state index contributed by atoms with van der Waals surface area (Å²) in [5.74, 6) is 0.809. The largest absolute Gasteiger partial charge is 0.457 e. The topological polar surface area (TPSA) is 127 Å². The molecule has 3 aromatic rings. The van der Waals surface area contributed by atoms with Crippen LogP contribution in [0.25, 0.3) is 0 Å². The maximum atomic E-state index is 13.5. The molecule has 1 aliphatic heterocycles. The van der Waals surface area contributed by atoms with Crippen molar-refractivity contribution in [2.45, 2.75) is 65.2 Å². The number of carbonyl (C=O) groups is 4. The standard InChI is InChI=1S/C36H44N4O7/c1-26(41)39-20-22-40(23-21-39)34(43)32(37-35(44)47-36(2,3)4)24-28-12-17-31(18-13-28)46-30-15-10-27(11-16-30)14-19-33(42)38-45-25-29-8-6-5-7-9-29/h5-13,15-18,32H,14,19-25H2,1-4H3,(H,37,44)(H,38,42)/t32-/m0/s1. The van der Waals surface area contributed by atoms with Gasteiger partial charge in [-0.2, -0.15) is 0 Å². The minimum Gasteiger partial charge on any atom is -0.457 e. The summed E-state index contributed by atoms with van der Waals surface area (Å²) in [5, 5.41) is 2.75. The molecule has 1 saturated heterocycles. The van der Waals surface area contributed by atoms with Crippen molar-refractivity contribution in [3.05, 3.63) is 95.6 Å². The van der Waals surface area contributed by atoms with Crippen LogP contribution in [0.5, 0.6) is 11.5 Å². The maximum Gasteiger partial charge on any atom is 0.408 e. The van der Waals surface area contributed by atoms with Crippen LogP contribution < -0.4 is 15.5 Å². The monoisotopic (exact) mass is 644 g/mol. The molecule has 1 aliphatic rings. The number of nitrogens with zero attached hydrogens (tertiary/aromatic N) is 2. The molecule has 11 nitrogen and oxygen atoms in total. The van der Waals surface area contributed by atoms with Gasteiger partial charge in [0.15, 0.2) is 0 Å². The quantitative estimate of drug-likeness (QED) is 0.272. The van der Waals surface area contributed by atoms with Crippen molar-refractivity contribution in [2.24, 2.45) is 0 Å². The van der Waals surface area contributed by atoms with Gasteiger partial charge in [-0.15, -0.1) is 0 Å². The van der Waals surface area contributed by atoms with E-state index in [-0.39, 0.29) is 30.6 Å². The molecule has 0 unspecified atom stereocenters. The molecule has 0 spiro atoms. The first-order chi connectivity index (χ1) is 22.4. The van der Waals surface area contributed by atoms with Gasteiger partial charge in [-0.05, 0) is 68.1 Å². The highest BCUT2D eigenvalue weighted by Crippen LogP contribution is 2.23. The lowest BCUT2D eigenvalue weighted by Crippen LogP contribution is -2.56. The van der Waals surface area contributed by atoms with Gasteiger partial charge in [0.05, 0.1) is 6.61 Å². The minimum absolute atomic E-state index is 0.0240. The Bertz CT molecular complexity index is 1480. The molecular formula is C36H44N4O7. The van der Waals surface area contributed by atoms with Gasteiger partial charge in [-0.25, -0.2) is 10.3 Å². The number of piperazine rings is 1. The predicted molar refractivity (Wildman–Crippen MR) is 176 cm³/mol. The van der Waals surface area contributed by atoms with Crippen LogP contribution in [0, 0.1) is 0 Å². The number of nitrogens with one attached hydrogen (secondary N) is 2. The number of benzene rings is 3. The maximum absolute atomic E-state index is 13.5. The van der Waals surface area contributed by atoms with E-state index < -0.39 is 17.7 Å². The van der Waals surface area contributed by atoms with Gasteiger partial charge in [0.25, 0.3) is 0 Å². The average molecular weight is 645 g/mol. The fourth-order valence-corrected chi connectivity index (χ4v) is 4.98. The predicted octanol–water partition coefficient (Wildman–Crippen LogP) is 4.79. The molecule has 1 atom stereocenters. The summed E-state index contributed by atoms with van der Waals surface area (Å²) >= 11 is 0. The van der Waals surface area contributed by atoms with Crippen LogP contribution in [0.15, 0.2) is 78.9 Å². The van der Waals surface area contributed by atoms with Crippen molar-refractivity contribution in [1.29, 1.82) is 0 Å². The van der Waals surface area contributed by atoms with Crippen molar-refractivity contribution in [1.82, 2.24) is 20.6 Å². The van der Waals surface area contributed by atoms with Crippen molar-refractivity contribution in [2.75, 3.05) is 26.2 Å². The zero-order valence-corrected chi connectivity index (χ0v) is 27.5. The third-order valence-corrected chi connectivity index (χ3v) is 7.46. The second kappa shape index (κ2) is 16.6. The number of ether oxygens (including phenoxy) is 2. The molecule has 0 bridgehead atoms. The number of aryl methyl sites for hydroxylation is 1. The number of hydroxylamine groups is 1. The minimum atomic E-state index is -0.842. The first kappa shape index (κ1) is 35.0. The van der Waals surface area contributed by atoms with E-state index in [2.05, 4.69) is 10.8 Å². The molecule has 4 rings (SSSR count). The van der Waals surface area contributed by atoms with E-state index in [0.717, 1.165) is 16.7 Å². The number of carbonyl (C=O) groups excluding carboxylic acids is 4. The Kier molecular flexibility index (Phi) is 12.3. The summed E-state index contributed by atoms with van der Waals surface area (Å²) in [6.07, 6.45) is 0.431. The Morgan fingerprint density at radius 2 is 1.34 bits per heavy atom. The van der Waals surface area contributed by atoms with Crippen LogP contribution in [0.2, 0.25) is 0 Å². The van der Waals surface area contributed by atoms with Gasteiger partial charge in [0.1, 0.15) is 23.1 Å². The van der Waals surface area contributed by atoms with Gasteiger partial charge in [0, 0.05) is 45.9 Å². The lowest BCUT2D eigenvalue weighted by molar-refractivity contribution is -0.139. The SMILES string of the molecule is CC(=O)N1CCN(C(=O)[C@H](Cc2ccc(Oc3ccc(CCC(=O)NOCc4ccccc4)cc3)cc2)NC(=O)OC(C)(C)C)CC1. The molecule has 0 aromatic heterocycles. The van der Waals surface area contributed by atoms with Crippen LogP contribution in [-0.2, 0) is 43.4 Å². The fraction of sp³-hybridized carbons (Fsp3) is 0.389. The zero-order valence-electron chi connectivity index (χ0n) is 27.5. The molecule has 3 aromatic carbocycles. The number of hydrogen-bond acceptors (Lipinski definition) is 7. The van der Waals surface area contributed by atoms with Crippen molar-refractivity contribution >= 4 is 23.8 Å². The Hall–Kier alpha value is -4.90. The van der Waals surface area contributed by atoms with Crippen LogP contribution in [0.4, 0.5) is 4.79 Å². The summed E-state index contributed by atoms with van der Waals surface area (Å²) in [4.78, 5) is 58.7. The van der Waals surface area contributed by atoms with E-state index in [4.69, 9.17) is 14.3 Å². The first-order valence-corrected chi connectivity index (χ1v) is 15.8. The number of alkyl carbamates (subject to hydrolysis) is 1. The highest BCUT2D eigenvalue weighted by molar-refractivity contribution is 5.86. The van der Waals surface area contributed by atoms with E-state index in [0.29, 0.717) is 50.7 Å². The second-order valence-corrected chi connectivity index (χ2v) is 12.4. The Balaban J connectivity index is 1.28. The highest BCUT2D eigenvalue weighted by Gasteiger charge is 2.31. The third kappa shape index (κ3) is 11.8. The van der Waals surface area contributed by atoms with Crippen LogP contribution in [0.3, 0.4) is 0 Å². The number of hydrogen-bond donors (Lipinski definition) is 2. The molecule has 11 heteroatoms. The molecule has 2 N–H and O–H groups in total. The molecule has 1 heterocycles. The second-order valence-electron chi connectivity index (χ2n) is 12.4. The molecular weight excluding hydrogens is 600 g/mol. The molecule has 1 fully saturated rings. The average Bonchev–Trinajstić information content (AvgIpc) is 3.04. The smallest absolute Gasteiger partial charge is 0.408 e. The van der Waals surface area contributed by atoms with Crippen LogP contribution in [0.1, 0.15) is 50.8 Å². The summed E-state index contributed by atoms with van der Waals surface area (Å²) < 4.78 is 11.4. The number of rotatable bonds is 12. The molecule has 0 aliphatic carbocycles. The zero-order chi connectivity index (χ0) is 33.8. The molecule has 4 amide bonds. The van der Waals surface area contributed by atoms with Crippen molar-refractivity contribution in [3.8, 4) is 11.5 Å². The highest BCUT2D eigenvalue weighted by atomic mass is 16.6. The Morgan fingerprint density at radius 1 is 0.766 bits per heavy atom. The van der Waals surface area contributed by atoms with Gasteiger partial charge >= 0.3 is 6.09 Å². The van der Waals surface area contributed by atoms with E-state index >= 15 is 0 Å². The van der Waals surface area contributed by atoms with Gasteiger partial charge in [-0.1, -0.05) is 54.6 Å². The summed E-state index contributed by atoms with van der Waals surface area (Å²) in [5.41, 5.74) is 4.56. The lowest BCUT2D eigenvalue weighted by Gasteiger charge is -2.36.